The zero-order valence-corrected chi connectivity index (χ0v) is 17.2. The molecule has 5 heteroatoms. The van der Waals surface area contributed by atoms with Crippen LogP contribution in [0.1, 0.15) is 56.1 Å². The fourth-order valence-corrected chi connectivity index (χ4v) is 8.35. The average molecular weight is 396 g/mol. The maximum atomic E-state index is 11.8. The minimum Gasteiger partial charge on any atom is -0.351 e. The van der Waals surface area contributed by atoms with Crippen molar-refractivity contribution in [1.82, 2.24) is 9.80 Å². The van der Waals surface area contributed by atoms with E-state index in [4.69, 9.17) is 18.0 Å². The number of piperidine rings is 1. The summed E-state index contributed by atoms with van der Waals surface area (Å²) in [6, 6.07) is 9.09. The number of fused-ring (bicyclic) bond motifs is 2. The second-order valence-electron chi connectivity index (χ2n) is 10.00. The normalized spacial score (nSPS) is 37.6. The first-order chi connectivity index (χ1) is 13.6. The Balaban J connectivity index is 1.42. The highest BCUT2D eigenvalue weighted by atomic mass is 32.1. The van der Waals surface area contributed by atoms with E-state index < -0.39 is 0 Å². The molecule has 4 aliphatic carbocycles. The van der Waals surface area contributed by atoms with Crippen LogP contribution in [0.4, 0.5) is 4.79 Å². The number of amides is 2. The number of thiocarbonyl (C=S) groups is 1. The van der Waals surface area contributed by atoms with Crippen LogP contribution < -0.4 is 5.73 Å². The molecule has 5 fully saturated rings. The molecule has 4 saturated carbocycles. The van der Waals surface area contributed by atoms with Crippen molar-refractivity contribution in [1.29, 1.82) is 0 Å². The van der Waals surface area contributed by atoms with Gasteiger partial charge in [0.1, 0.15) is 4.99 Å². The highest BCUT2D eigenvalue weighted by Gasteiger charge is 2.58. The first kappa shape index (κ1) is 17.3. The van der Waals surface area contributed by atoms with Crippen molar-refractivity contribution in [3.8, 4) is 0 Å². The summed E-state index contributed by atoms with van der Waals surface area (Å²) in [7, 11) is 0. The Labute approximate surface area is 172 Å². The van der Waals surface area contributed by atoms with Crippen molar-refractivity contribution in [3.63, 3.8) is 0 Å². The summed E-state index contributed by atoms with van der Waals surface area (Å²) in [5, 5.41) is 0. The lowest BCUT2D eigenvalue weighted by atomic mass is 9.53. The maximum Gasteiger partial charge on any atom is 0.314 e. The Morgan fingerprint density at radius 3 is 2.21 bits per heavy atom. The number of likely N-dealkylation sites (tertiary alicyclic amines) is 1. The lowest BCUT2D eigenvalue weighted by molar-refractivity contribution is -0.0792. The quantitative estimate of drug-likeness (QED) is 0.735. The lowest BCUT2D eigenvalue weighted by Crippen LogP contribution is -2.63. The number of urea groups is 1. The molecule has 0 aromatic heterocycles. The fourth-order valence-electron chi connectivity index (χ4n) is 7.88. The number of nitrogens with two attached hydrogens (primary N) is 1. The molecule has 0 radical (unpaired) electrons. The van der Waals surface area contributed by atoms with Crippen molar-refractivity contribution >= 4 is 23.2 Å². The molecule has 0 atom stereocenters. The van der Waals surface area contributed by atoms with E-state index in [1.54, 1.807) is 0 Å². The first-order valence-electron chi connectivity index (χ1n) is 11.0. The van der Waals surface area contributed by atoms with Crippen LogP contribution in [0, 0.1) is 23.7 Å². The van der Waals surface area contributed by atoms with Gasteiger partial charge in [0.2, 0.25) is 0 Å². The molecule has 0 unspecified atom stereocenters. The highest BCUT2D eigenvalue weighted by molar-refractivity contribution is 7.80. The zero-order chi connectivity index (χ0) is 19.0. The molecular weight excluding hydrogens is 366 g/mol. The van der Waals surface area contributed by atoms with Crippen molar-refractivity contribution in [2.45, 2.75) is 56.5 Å². The number of benzene rings is 1. The van der Waals surface area contributed by atoms with Gasteiger partial charge in [0.15, 0.2) is 0 Å². The number of hydrogen-bond donors (Lipinski definition) is 1. The molecule has 4 bridgehead atoms. The zero-order valence-electron chi connectivity index (χ0n) is 16.3. The van der Waals surface area contributed by atoms with E-state index >= 15 is 0 Å². The largest absolute Gasteiger partial charge is 0.351 e. The Hall–Kier alpha value is -1.62. The van der Waals surface area contributed by atoms with E-state index in [2.05, 4.69) is 29.2 Å². The molecule has 28 heavy (non-hydrogen) atoms. The van der Waals surface area contributed by atoms with Crippen molar-refractivity contribution in [2.24, 2.45) is 29.4 Å². The molecule has 2 amide bonds. The van der Waals surface area contributed by atoms with Crippen LogP contribution >= 0.6 is 12.2 Å². The van der Waals surface area contributed by atoms with Crippen LogP contribution in [0.15, 0.2) is 24.3 Å². The van der Waals surface area contributed by atoms with Crippen LogP contribution in [-0.2, 0) is 5.54 Å². The third-order valence-corrected chi connectivity index (χ3v) is 9.13. The molecule has 2 N–H and O–H groups in total. The van der Waals surface area contributed by atoms with Gasteiger partial charge in [-0.05, 0) is 74.2 Å². The number of carbonyl (C=O) groups excluding carboxylic acids is 1. The van der Waals surface area contributed by atoms with Crippen molar-refractivity contribution in [3.05, 3.63) is 35.4 Å². The van der Waals surface area contributed by atoms with Crippen LogP contribution in [0.2, 0.25) is 0 Å². The van der Waals surface area contributed by atoms with E-state index in [0.717, 1.165) is 54.6 Å². The monoisotopic (exact) mass is 395 g/mol. The molecule has 1 aromatic carbocycles. The summed E-state index contributed by atoms with van der Waals surface area (Å²) >= 11 is 6.15. The minimum absolute atomic E-state index is 0.0420. The smallest absolute Gasteiger partial charge is 0.314 e. The summed E-state index contributed by atoms with van der Waals surface area (Å²) in [5.74, 6) is 3.53. The van der Waals surface area contributed by atoms with Gasteiger partial charge in [-0.3, -0.25) is 0 Å². The highest BCUT2D eigenvalue weighted by Crippen LogP contribution is 2.59. The average Bonchev–Trinajstić information content (AvgIpc) is 2.91. The minimum atomic E-state index is -0.287. The van der Waals surface area contributed by atoms with Crippen molar-refractivity contribution < 1.29 is 4.79 Å². The van der Waals surface area contributed by atoms with Gasteiger partial charge in [0.05, 0.1) is 5.54 Å². The van der Waals surface area contributed by atoms with Gasteiger partial charge in [-0.2, -0.15) is 0 Å². The van der Waals surface area contributed by atoms with E-state index in [0.29, 0.717) is 6.04 Å². The summed E-state index contributed by atoms with van der Waals surface area (Å²) in [5.41, 5.74) is 8.22. The second-order valence-corrected chi connectivity index (χ2v) is 10.4. The van der Waals surface area contributed by atoms with E-state index in [1.165, 1.54) is 43.2 Å². The van der Waals surface area contributed by atoms with Gasteiger partial charge in [0, 0.05) is 24.7 Å². The maximum absolute atomic E-state index is 11.8. The lowest BCUT2D eigenvalue weighted by Gasteiger charge is -2.60. The third kappa shape index (κ3) is 2.23. The number of hydrogen-bond acceptors (Lipinski definition) is 2. The van der Waals surface area contributed by atoms with E-state index in [9.17, 15) is 4.79 Å². The molecule has 6 aliphatic rings. The van der Waals surface area contributed by atoms with Gasteiger partial charge < -0.3 is 15.5 Å². The Morgan fingerprint density at radius 2 is 1.61 bits per heavy atom. The van der Waals surface area contributed by atoms with Gasteiger partial charge >= 0.3 is 6.03 Å². The standard InChI is InChI=1S/C23H29N3OS/c24-22(27)25-7-5-23(6-8-25)19-4-2-1-3-18(19)21(28)26(23)20-16-10-14-9-15(12-16)13-17(20)11-14/h1-4,14-17,20H,5-13H2,(H2,24,27). The Morgan fingerprint density at radius 1 is 1.00 bits per heavy atom. The van der Waals surface area contributed by atoms with E-state index in [-0.39, 0.29) is 11.6 Å². The molecule has 148 valence electrons. The summed E-state index contributed by atoms with van der Waals surface area (Å²) in [4.78, 5) is 17.3. The molecule has 1 spiro atoms. The molecule has 2 heterocycles. The topological polar surface area (TPSA) is 49.6 Å². The van der Waals surface area contributed by atoms with E-state index in [1.807, 2.05) is 4.90 Å². The first-order valence-corrected chi connectivity index (χ1v) is 11.5. The van der Waals surface area contributed by atoms with Gasteiger partial charge in [-0.1, -0.05) is 36.5 Å². The van der Waals surface area contributed by atoms with Crippen molar-refractivity contribution in [2.75, 3.05) is 13.1 Å². The van der Waals surface area contributed by atoms with Crippen LogP contribution in [0.25, 0.3) is 0 Å². The van der Waals surface area contributed by atoms with Gasteiger partial charge in [-0.15, -0.1) is 0 Å². The van der Waals surface area contributed by atoms with Crippen LogP contribution in [0.5, 0.6) is 0 Å². The number of nitrogens with zero attached hydrogens (tertiary/aromatic N) is 2. The molecule has 4 nitrogen and oxygen atoms in total. The molecule has 1 saturated heterocycles. The van der Waals surface area contributed by atoms with Crippen LogP contribution in [-0.4, -0.2) is 40.0 Å². The second kappa shape index (κ2) is 5.94. The molecule has 7 rings (SSSR count). The van der Waals surface area contributed by atoms with Gasteiger partial charge in [0.25, 0.3) is 0 Å². The summed E-state index contributed by atoms with van der Waals surface area (Å²) < 4.78 is 0. The number of carbonyl (C=O) groups is 1. The number of primary amides is 1. The SMILES string of the molecule is NC(=O)N1CCC2(CC1)c1ccccc1C(=S)N2C1C2CC3CC(C2)CC1C3. The fraction of sp³-hybridized carbons (Fsp3) is 0.652. The Bertz CT molecular complexity index is 816. The summed E-state index contributed by atoms with van der Waals surface area (Å²) in [6.45, 7) is 1.46. The number of rotatable bonds is 1. The predicted molar refractivity (Wildman–Crippen MR) is 113 cm³/mol. The summed E-state index contributed by atoms with van der Waals surface area (Å²) in [6.07, 6.45) is 8.95. The molecule has 2 aliphatic heterocycles. The molecular formula is C23H29N3OS. The van der Waals surface area contributed by atoms with Gasteiger partial charge in [-0.25, -0.2) is 4.79 Å². The molecule has 1 aromatic rings. The third-order valence-electron chi connectivity index (χ3n) is 8.72. The van der Waals surface area contributed by atoms with Crippen LogP contribution in [0.3, 0.4) is 0 Å². The Kier molecular flexibility index (Phi) is 3.66. The predicted octanol–water partition coefficient (Wildman–Crippen LogP) is 3.87.